The number of rotatable bonds is 7. The van der Waals surface area contributed by atoms with Crippen LogP contribution in [0.15, 0.2) is 101 Å². The van der Waals surface area contributed by atoms with Crippen molar-refractivity contribution < 1.29 is 9.84 Å². The van der Waals surface area contributed by atoms with E-state index in [1.54, 1.807) is 24.9 Å². The molecule has 4 aromatic carbocycles. The van der Waals surface area contributed by atoms with E-state index in [0.29, 0.717) is 13.1 Å². The van der Waals surface area contributed by atoms with E-state index in [1.807, 2.05) is 36.4 Å². The van der Waals surface area contributed by atoms with E-state index >= 15 is 0 Å². The van der Waals surface area contributed by atoms with Gasteiger partial charge in [0, 0.05) is 18.0 Å². The monoisotopic (exact) mass is 496 g/mol. The van der Waals surface area contributed by atoms with Crippen molar-refractivity contribution in [2.45, 2.75) is 38.8 Å². The number of benzene rings is 4. The van der Waals surface area contributed by atoms with Crippen molar-refractivity contribution >= 4 is 22.6 Å². The Morgan fingerprint density at radius 1 is 0.778 bits per heavy atom. The molecule has 0 saturated heterocycles. The molecule has 0 radical (unpaired) electrons. The summed E-state index contributed by atoms with van der Waals surface area (Å²) in [5.74, 6) is 0.989. The number of methoxy groups -OCH3 is 1. The van der Waals surface area contributed by atoms with Gasteiger partial charge in [0.2, 0.25) is 0 Å². The van der Waals surface area contributed by atoms with Crippen molar-refractivity contribution in [3.8, 4) is 11.5 Å². The molecule has 4 nitrogen and oxygen atoms in total. The summed E-state index contributed by atoms with van der Waals surface area (Å²) in [4.78, 5) is 8.52. The Kier molecular flexibility index (Phi) is 8.34. The zero-order chi connectivity index (χ0) is 25.5. The van der Waals surface area contributed by atoms with Crippen LogP contribution in [0.3, 0.4) is 0 Å². The molecule has 0 aromatic heterocycles. The van der Waals surface area contributed by atoms with Gasteiger partial charge in [0.25, 0.3) is 0 Å². The van der Waals surface area contributed by atoms with E-state index < -0.39 is 0 Å². The topological polar surface area (TPSA) is 45.1 Å². The van der Waals surface area contributed by atoms with E-state index in [0.717, 1.165) is 32.6 Å². The first-order chi connectivity index (χ1) is 17.4. The molecular weight excluding hydrogens is 464 g/mol. The second kappa shape index (κ2) is 11.8. The summed E-state index contributed by atoms with van der Waals surface area (Å²) in [7, 11) is 1.67. The maximum atomic E-state index is 10.1. The first-order valence-electron chi connectivity index (χ1n) is 12.0. The highest BCUT2D eigenvalue weighted by Crippen LogP contribution is 2.33. The van der Waals surface area contributed by atoms with Gasteiger partial charge in [0.15, 0.2) is 5.17 Å². The van der Waals surface area contributed by atoms with Crippen LogP contribution >= 0.6 is 11.8 Å². The minimum atomic E-state index is 0.257. The fourth-order valence-corrected chi connectivity index (χ4v) is 4.73. The second-order valence-corrected chi connectivity index (χ2v) is 10.0. The Labute approximate surface area is 218 Å². The molecule has 4 rings (SSSR count). The fourth-order valence-electron chi connectivity index (χ4n) is 3.84. The lowest BCUT2D eigenvalue weighted by atomic mass is 10.1. The van der Waals surface area contributed by atoms with Gasteiger partial charge in [-0.15, -0.1) is 0 Å². The van der Waals surface area contributed by atoms with E-state index in [2.05, 4.69) is 74.2 Å². The minimum absolute atomic E-state index is 0.257. The Bertz CT molecular complexity index is 1330. The van der Waals surface area contributed by atoms with Crippen LogP contribution < -0.4 is 4.74 Å². The van der Waals surface area contributed by atoms with Crippen molar-refractivity contribution in [3.05, 3.63) is 119 Å². The molecule has 0 spiro atoms. The lowest BCUT2D eigenvalue weighted by molar-refractivity contribution is 0.409. The largest absolute Gasteiger partial charge is 0.508 e. The van der Waals surface area contributed by atoms with E-state index in [9.17, 15) is 5.11 Å². The van der Waals surface area contributed by atoms with Gasteiger partial charge in [-0.25, -0.2) is 4.99 Å². The number of aryl methyl sites for hydroxylation is 3. The molecule has 0 amide bonds. The van der Waals surface area contributed by atoms with Gasteiger partial charge in [0.1, 0.15) is 17.2 Å². The second-order valence-electron chi connectivity index (χ2n) is 9.00. The van der Waals surface area contributed by atoms with Crippen LogP contribution in [0.4, 0.5) is 5.69 Å². The van der Waals surface area contributed by atoms with Crippen LogP contribution in [0.25, 0.3) is 0 Å². The molecule has 5 heteroatoms. The van der Waals surface area contributed by atoms with Crippen LogP contribution in [0.5, 0.6) is 11.5 Å². The van der Waals surface area contributed by atoms with Crippen LogP contribution in [-0.2, 0) is 13.1 Å². The lowest BCUT2D eigenvalue weighted by Gasteiger charge is -2.27. The molecule has 0 heterocycles. The van der Waals surface area contributed by atoms with Gasteiger partial charge < -0.3 is 14.7 Å². The Hall–Kier alpha value is -3.70. The fraction of sp³-hybridized carbons (Fsp3) is 0.194. The van der Waals surface area contributed by atoms with E-state index in [-0.39, 0.29) is 5.75 Å². The summed E-state index contributed by atoms with van der Waals surface area (Å²) < 4.78 is 5.64. The molecular formula is C31H32N2O2S. The number of aliphatic imine (C=N–C) groups is 1. The predicted molar refractivity (Wildman–Crippen MR) is 150 cm³/mol. The zero-order valence-electron chi connectivity index (χ0n) is 21.2. The molecule has 184 valence electrons. The third kappa shape index (κ3) is 6.92. The van der Waals surface area contributed by atoms with Gasteiger partial charge in [-0.3, -0.25) is 0 Å². The maximum Gasteiger partial charge on any atom is 0.170 e. The lowest BCUT2D eigenvalue weighted by Crippen LogP contribution is -2.28. The van der Waals surface area contributed by atoms with E-state index in [4.69, 9.17) is 9.73 Å². The molecule has 0 fully saturated rings. The molecule has 0 saturated carbocycles. The molecule has 36 heavy (non-hydrogen) atoms. The third-order valence-electron chi connectivity index (χ3n) is 5.83. The summed E-state index contributed by atoms with van der Waals surface area (Å²) in [5, 5.41) is 11.0. The smallest absolute Gasteiger partial charge is 0.170 e. The normalized spacial score (nSPS) is 11.4. The average molecular weight is 497 g/mol. The standard InChI is InChI=1S/C31H32N2O2S/c1-22-8-13-25(14-9-22)20-33(21-26-6-5-7-27(34)19-26)31(36-28-15-10-23(2)11-16-28)32-29-18-24(3)12-17-30(29)35-4/h5-19,34H,20-21H2,1-4H3. The van der Waals surface area contributed by atoms with Crippen LogP contribution in [0, 0.1) is 20.8 Å². The van der Waals surface area contributed by atoms with Gasteiger partial charge in [-0.1, -0.05) is 77.5 Å². The van der Waals surface area contributed by atoms with Crippen LogP contribution in [-0.4, -0.2) is 22.3 Å². The molecule has 4 aromatic rings. The van der Waals surface area contributed by atoms with Crippen molar-refractivity contribution in [2.24, 2.45) is 4.99 Å². The van der Waals surface area contributed by atoms with Crippen molar-refractivity contribution in [3.63, 3.8) is 0 Å². The van der Waals surface area contributed by atoms with Crippen LogP contribution in [0.1, 0.15) is 27.8 Å². The molecule has 0 aliphatic rings. The highest BCUT2D eigenvalue weighted by atomic mass is 32.2. The zero-order valence-corrected chi connectivity index (χ0v) is 22.0. The first-order valence-corrected chi connectivity index (χ1v) is 12.8. The number of ether oxygens (including phenoxy) is 1. The Morgan fingerprint density at radius 2 is 1.42 bits per heavy atom. The summed E-state index contributed by atoms with van der Waals surface area (Å²) in [5.41, 5.74) is 6.55. The van der Waals surface area contributed by atoms with Crippen LogP contribution in [0.2, 0.25) is 0 Å². The van der Waals surface area contributed by atoms with Crippen molar-refractivity contribution in [2.75, 3.05) is 7.11 Å². The SMILES string of the molecule is COc1ccc(C)cc1N=C(Sc1ccc(C)cc1)N(Cc1ccc(C)cc1)Cc1cccc(O)c1. The first kappa shape index (κ1) is 25.4. The number of thioether (sulfide) groups is 1. The number of hydrogen-bond donors (Lipinski definition) is 1. The summed E-state index contributed by atoms with van der Waals surface area (Å²) in [6.45, 7) is 7.50. The minimum Gasteiger partial charge on any atom is -0.508 e. The molecule has 1 N–H and O–H groups in total. The molecule has 0 atom stereocenters. The number of phenols is 1. The number of amidine groups is 1. The average Bonchev–Trinajstić information content (AvgIpc) is 2.86. The number of phenolic OH excluding ortho intramolecular Hbond substituents is 1. The molecule has 0 unspecified atom stereocenters. The Balaban J connectivity index is 1.80. The highest BCUT2D eigenvalue weighted by molar-refractivity contribution is 8.13. The number of nitrogens with zero attached hydrogens (tertiary/aromatic N) is 2. The quantitative estimate of drug-likeness (QED) is 0.161. The summed E-state index contributed by atoms with van der Waals surface area (Å²) >= 11 is 1.63. The van der Waals surface area contributed by atoms with Gasteiger partial charge in [0.05, 0.1) is 7.11 Å². The predicted octanol–water partition coefficient (Wildman–Crippen LogP) is 7.81. The number of hydrogen-bond acceptors (Lipinski definition) is 4. The highest BCUT2D eigenvalue weighted by Gasteiger charge is 2.17. The number of aromatic hydroxyl groups is 1. The molecule has 0 aliphatic heterocycles. The van der Waals surface area contributed by atoms with Crippen molar-refractivity contribution in [1.29, 1.82) is 0 Å². The summed E-state index contributed by atoms with van der Waals surface area (Å²) in [6, 6.07) is 30.5. The molecule has 0 aliphatic carbocycles. The van der Waals surface area contributed by atoms with E-state index in [1.165, 1.54) is 16.7 Å². The van der Waals surface area contributed by atoms with Gasteiger partial charge in [-0.05, 0) is 73.9 Å². The van der Waals surface area contributed by atoms with Gasteiger partial charge >= 0.3 is 0 Å². The summed E-state index contributed by atoms with van der Waals surface area (Å²) in [6.07, 6.45) is 0. The van der Waals surface area contributed by atoms with Crippen molar-refractivity contribution in [1.82, 2.24) is 4.90 Å². The molecule has 0 bridgehead atoms. The third-order valence-corrected chi connectivity index (χ3v) is 6.87. The maximum absolute atomic E-state index is 10.1. The van der Waals surface area contributed by atoms with Gasteiger partial charge in [-0.2, -0.15) is 0 Å². The Morgan fingerprint density at radius 3 is 2.08 bits per heavy atom.